The van der Waals surface area contributed by atoms with E-state index in [9.17, 15) is 4.79 Å². The van der Waals surface area contributed by atoms with Crippen LogP contribution >= 0.6 is 0 Å². The standard InChI is InChI=1S/C24H25N5O2/c1-17-4-5-21-19(15-17)3-2-10-29(21)23(30)20-16-26-24(28-11-13-31-14-12-28)27-22(20)18-6-8-25-9-7-18/h4-9,15-16H,2-3,10-14H2,1H3. The third-order valence-electron chi connectivity index (χ3n) is 5.85. The van der Waals surface area contributed by atoms with E-state index in [4.69, 9.17) is 9.72 Å². The van der Waals surface area contributed by atoms with Crippen molar-refractivity contribution in [1.29, 1.82) is 0 Å². The Hall–Kier alpha value is -3.32. The van der Waals surface area contributed by atoms with Crippen molar-refractivity contribution >= 4 is 17.5 Å². The van der Waals surface area contributed by atoms with Gasteiger partial charge in [0.1, 0.15) is 0 Å². The number of anilines is 2. The summed E-state index contributed by atoms with van der Waals surface area (Å²) >= 11 is 0. The van der Waals surface area contributed by atoms with Gasteiger partial charge in [0.15, 0.2) is 0 Å². The van der Waals surface area contributed by atoms with Gasteiger partial charge in [0, 0.05) is 49.5 Å². The fourth-order valence-corrected chi connectivity index (χ4v) is 4.26. The van der Waals surface area contributed by atoms with E-state index >= 15 is 0 Å². The third-order valence-corrected chi connectivity index (χ3v) is 5.85. The summed E-state index contributed by atoms with van der Waals surface area (Å²) in [5.74, 6) is 0.562. The molecule has 2 aliphatic heterocycles. The molecule has 3 aromatic rings. The number of hydrogen-bond acceptors (Lipinski definition) is 6. The molecule has 31 heavy (non-hydrogen) atoms. The van der Waals surface area contributed by atoms with E-state index < -0.39 is 0 Å². The van der Waals surface area contributed by atoms with E-state index in [0.29, 0.717) is 37.0 Å². The van der Waals surface area contributed by atoms with E-state index in [1.807, 2.05) is 17.0 Å². The normalized spacial score (nSPS) is 16.2. The first-order valence-corrected chi connectivity index (χ1v) is 10.7. The lowest BCUT2D eigenvalue weighted by molar-refractivity contribution is 0.0985. The molecule has 2 aromatic heterocycles. The number of morpholine rings is 1. The summed E-state index contributed by atoms with van der Waals surface area (Å²) in [7, 11) is 0. The van der Waals surface area contributed by atoms with Crippen LogP contribution in [0.1, 0.15) is 27.9 Å². The van der Waals surface area contributed by atoms with Crippen LogP contribution in [0.5, 0.6) is 0 Å². The highest BCUT2D eigenvalue weighted by Gasteiger charge is 2.27. The molecule has 7 heteroatoms. The van der Waals surface area contributed by atoms with Crippen LogP contribution in [-0.2, 0) is 11.2 Å². The number of ether oxygens (including phenoxy) is 1. The van der Waals surface area contributed by atoms with Crippen molar-refractivity contribution < 1.29 is 9.53 Å². The van der Waals surface area contributed by atoms with Gasteiger partial charge in [-0.2, -0.15) is 0 Å². The van der Waals surface area contributed by atoms with Crippen molar-refractivity contribution in [2.45, 2.75) is 19.8 Å². The Morgan fingerprint density at radius 2 is 1.87 bits per heavy atom. The molecule has 0 radical (unpaired) electrons. The quantitative estimate of drug-likeness (QED) is 0.654. The number of aryl methyl sites for hydroxylation is 2. The second-order valence-corrected chi connectivity index (χ2v) is 7.96. The number of pyridine rings is 1. The van der Waals surface area contributed by atoms with Crippen molar-refractivity contribution in [3.63, 3.8) is 0 Å². The van der Waals surface area contributed by atoms with E-state index in [1.165, 1.54) is 11.1 Å². The Morgan fingerprint density at radius 3 is 2.68 bits per heavy atom. The number of aromatic nitrogens is 3. The highest BCUT2D eigenvalue weighted by Crippen LogP contribution is 2.31. The summed E-state index contributed by atoms with van der Waals surface area (Å²) in [4.78, 5) is 31.2. The van der Waals surface area contributed by atoms with Crippen LogP contribution in [0.2, 0.25) is 0 Å². The number of nitrogens with zero attached hydrogens (tertiary/aromatic N) is 5. The third kappa shape index (κ3) is 3.88. The van der Waals surface area contributed by atoms with Crippen molar-refractivity contribution in [1.82, 2.24) is 15.0 Å². The summed E-state index contributed by atoms with van der Waals surface area (Å²) in [6.07, 6.45) is 7.06. The first-order valence-electron chi connectivity index (χ1n) is 10.7. The molecule has 0 N–H and O–H groups in total. The van der Waals surface area contributed by atoms with Crippen LogP contribution in [0.25, 0.3) is 11.3 Å². The molecule has 5 rings (SSSR count). The number of carbonyl (C=O) groups excluding carboxylic acids is 1. The van der Waals surface area contributed by atoms with Gasteiger partial charge in [-0.1, -0.05) is 17.7 Å². The molecular weight excluding hydrogens is 390 g/mol. The minimum absolute atomic E-state index is 0.0647. The minimum atomic E-state index is -0.0647. The molecule has 1 aromatic carbocycles. The van der Waals surface area contributed by atoms with Gasteiger partial charge in [-0.25, -0.2) is 9.97 Å². The number of fused-ring (bicyclic) bond motifs is 1. The zero-order valence-corrected chi connectivity index (χ0v) is 17.6. The second-order valence-electron chi connectivity index (χ2n) is 7.96. The first kappa shape index (κ1) is 19.6. The van der Waals surface area contributed by atoms with Gasteiger partial charge in [0.05, 0.1) is 24.5 Å². The predicted molar refractivity (Wildman–Crippen MR) is 119 cm³/mol. The SMILES string of the molecule is Cc1ccc2c(c1)CCCN2C(=O)c1cnc(N2CCOCC2)nc1-c1ccncc1. The van der Waals surface area contributed by atoms with Gasteiger partial charge in [-0.05, 0) is 43.5 Å². The maximum absolute atomic E-state index is 13.7. The van der Waals surface area contributed by atoms with E-state index in [-0.39, 0.29) is 5.91 Å². The molecule has 1 amide bonds. The fraction of sp³-hybridized carbons (Fsp3) is 0.333. The Morgan fingerprint density at radius 1 is 1.06 bits per heavy atom. The predicted octanol–water partition coefficient (Wildman–Crippen LogP) is 3.28. The highest BCUT2D eigenvalue weighted by molar-refractivity contribution is 6.10. The molecule has 158 valence electrons. The van der Waals surface area contributed by atoms with Crippen LogP contribution in [0.15, 0.2) is 48.9 Å². The highest BCUT2D eigenvalue weighted by atomic mass is 16.5. The average Bonchev–Trinajstić information content (AvgIpc) is 2.84. The number of amides is 1. The lowest BCUT2D eigenvalue weighted by Crippen LogP contribution is -2.38. The van der Waals surface area contributed by atoms with Crippen molar-refractivity contribution in [2.75, 3.05) is 42.6 Å². The molecule has 0 bridgehead atoms. The Labute approximate surface area is 181 Å². The summed E-state index contributed by atoms with van der Waals surface area (Å²) < 4.78 is 5.45. The number of carbonyl (C=O) groups is 1. The smallest absolute Gasteiger partial charge is 0.262 e. The first-order chi connectivity index (χ1) is 15.2. The molecule has 1 saturated heterocycles. The number of hydrogen-bond donors (Lipinski definition) is 0. The number of benzene rings is 1. The topological polar surface area (TPSA) is 71.5 Å². The molecule has 0 unspecified atom stereocenters. The Bertz CT molecular complexity index is 1100. The zero-order valence-electron chi connectivity index (χ0n) is 17.6. The Balaban J connectivity index is 1.56. The Kier molecular flexibility index (Phi) is 5.34. The molecule has 0 spiro atoms. The molecule has 1 fully saturated rings. The van der Waals surface area contributed by atoms with Crippen LogP contribution in [-0.4, -0.2) is 53.7 Å². The van der Waals surface area contributed by atoms with E-state index in [2.05, 4.69) is 40.0 Å². The second kappa shape index (κ2) is 8.43. The summed E-state index contributed by atoms with van der Waals surface area (Å²) in [6, 6.07) is 10.1. The lowest BCUT2D eigenvalue weighted by Gasteiger charge is -2.31. The molecule has 4 heterocycles. The van der Waals surface area contributed by atoms with Crippen LogP contribution in [0, 0.1) is 6.92 Å². The summed E-state index contributed by atoms with van der Waals surface area (Å²) in [5, 5.41) is 0. The summed E-state index contributed by atoms with van der Waals surface area (Å²) in [5.41, 5.74) is 5.43. The van der Waals surface area contributed by atoms with Crippen molar-refractivity contribution in [2.24, 2.45) is 0 Å². The van der Waals surface area contributed by atoms with Gasteiger partial charge in [0.2, 0.25) is 5.95 Å². The lowest BCUT2D eigenvalue weighted by atomic mass is 9.98. The van der Waals surface area contributed by atoms with E-state index in [1.54, 1.807) is 18.6 Å². The van der Waals surface area contributed by atoms with E-state index in [0.717, 1.165) is 37.2 Å². The fourth-order valence-electron chi connectivity index (χ4n) is 4.26. The van der Waals surface area contributed by atoms with Gasteiger partial charge in [0.25, 0.3) is 5.91 Å². The summed E-state index contributed by atoms with van der Waals surface area (Å²) in [6.45, 7) is 5.55. The van der Waals surface area contributed by atoms with Crippen LogP contribution in [0.4, 0.5) is 11.6 Å². The molecular formula is C24H25N5O2. The van der Waals surface area contributed by atoms with Crippen LogP contribution in [0.3, 0.4) is 0 Å². The van der Waals surface area contributed by atoms with Gasteiger partial charge >= 0.3 is 0 Å². The average molecular weight is 415 g/mol. The monoisotopic (exact) mass is 415 g/mol. The van der Waals surface area contributed by atoms with Gasteiger partial charge < -0.3 is 14.5 Å². The molecule has 0 atom stereocenters. The largest absolute Gasteiger partial charge is 0.378 e. The minimum Gasteiger partial charge on any atom is -0.378 e. The van der Waals surface area contributed by atoms with Crippen LogP contribution < -0.4 is 9.80 Å². The van der Waals surface area contributed by atoms with Gasteiger partial charge in [-0.15, -0.1) is 0 Å². The molecule has 2 aliphatic rings. The van der Waals surface area contributed by atoms with Crippen molar-refractivity contribution in [3.05, 3.63) is 65.6 Å². The number of rotatable bonds is 3. The molecule has 0 aliphatic carbocycles. The molecule has 7 nitrogen and oxygen atoms in total. The van der Waals surface area contributed by atoms with Gasteiger partial charge in [-0.3, -0.25) is 9.78 Å². The zero-order chi connectivity index (χ0) is 21.2. The molecule has 0 saturated carbocycles. The maximum atomic E-state index is 13.7. The van der Waals surface area contributed by atoms with Crippen molar-refractivity contribution in [3.8, 4) is 11.3 Å². The maximum Gasteiger partial charge on any atom is 0.262 e.